The van der Waals surface area contributed by atoms with Gasteiger partial charge in [0.15, 0.2) is 0 Å². The van der Waals surface area contributed by atoms with Crippen molar-refractivity contribution in [3.63, 3.8) is 0 Å². The van der Waals surface area contributed by atoms with Crippen molar-refractivity contribution < 1.29 is 0 Å². The van der Waals surface area contributed by atoms with E-state index in [-0.39, 0.29) is 0 Å². The lowest BCUT2D eigenvalue weighted by Gasteiger charge is -2.17. The molecule has 1 aromatic heterocycles. The van der Waals surface area contributed by atoms with Crippen LogP contribution in [-0.4, -0.2) is 24.1 Å². The molecule has 0 bridgehead atoms. The second-order valence-corrected chi connectivity index (χ2v) is 4.27. The van der Waals surface area contributed by atoms with Crippen LogP contribution in [0.15, 0.2) is 18.5 Å². The third-order valence-electron chi connectivity index (χ3n) is 2.82. The van der Waals surface area contributed by atoms with Crippen LogP contribution in [0.2, 0.25) is 0 Å². The Kier molecular flexibility index (Phi) is 3.56. The molecule has 1 saturated heterocycles. The molecule has 2 heterocycles. The van der Waals surface area contributed by atoms with Gasteiger partial charge in [-0.15, -0.1) is 0 Å². The van der Waals surface area contributed by atoms with Gasteiger partial charge in [-0.05, 0) is 50.9 Å². The topological polar surface area (TPSA) is 37.0 Å². The van der Waals surface area contributed by atoms with Crippen LogP contribution in [0.5, 0.6) is 0 Å². The molecule has 3 nitrogen and oxygen atoms in total. The molecule has 1 aliphatic rings. The number of hydrogen-bond donors (Lipinski definition) is 2. The van der Waals surface area contributed by atoms with Gasteiger partial charge in [0.25, 0.3) is 0 Å². The third-order valence-corrected chi connectivity index (χ3v) is 2.82. The molecule has 0 amide bonds. The minimum atomic E-state index is 0.601. The summed E-state index contributed by atoms with van der Waals surface area (Å²) in [6.07, 6.45) is 7.51. The lowest BCUT2D eigenvalue weighted by molar-refractivity contribution is 0.637. The predicted octanol–water partition coefficient (Wildman–Crippen LogP) is 1.94. The molecule has 0 saturated carbocycles. The third kappa shape index (κ3) is 3.20. The summed E-state index contributed by atoms with van der Waals surface area (Å²) in [5, 5.41) is 6.98. The minimum absolute atomic E-state index is 0.601. The maximum atomic E-state index is 4.20. The predicted molar refractivity (Wildman–Crippen MR) is 63.1 cm³/mol. The zero-order valence-electron chi connectivity index (χ0n) is 9.29. The minimum Gasteiger partial charge on any atom is -0.381 e. The van der Waals surface area contributed by atoms with Gasteiger partial charge in [0.2, 0.25) is 0 Å². The fourth-order valence-corrected chi connectivity index (χ4v) is 2.03. The highest BCUT2D eigenvalue weighted by Gasteiger charge is 2.11. The maximum Gasteiger partial charge on any atom is 0.0531 e. The highest BCUT2D eigenvalue weighted by atomic mass is 15.0. The quantitative estimate of drug-likeness (QED) is 0.775. The first-order chi connectivity index (χ1) is 7.34. The summed E-state index contributed by atoms with van der Waals surface area (Å²) in [4.78, 5) is 4.20. The number of aryl methyl sites for hydroxylation is 1. The summed E-state index contributed by atoms with van der Waals surface area (Å²) in [5.74, 6) is 0. The van der Waals surface area contributed by atoms with E-state index >= 15 is 0 Å². The summed E-state index contributed by atoms with van der Waals surface area (Å²) in [5.41, 5.74) is 2.37. The summed E-state index contributed by atoms with van der Waals surface area (Å²) < 4.78 is 0. The highest BCUT2D eigenvalue weighted by Crippen LogP contribution is 2.14. The molecule has 2 rings (SSSR count). The zero-order chi connectivity index (χ0) is 10.5. The van der Waals surface area contributed by atoms with Crippen molar-refractivity contribution in [3.8, 4) is 0 Å². The van der Waals surface area contributed by atoms with Gasteiger partial charge in [-0.3, -0.25) is 4.98 Å². The lowest BCUT2D eigenvalue weighted by Crippen LogP contribution is -2.21. The second kappa shape index (κ2) is 5.12. The largest absolute Gasteiger partial charge is 0.381 e. The summed E-state index contributed by atoms with van der Waals surface area (Å²) in [6, 6.07) is 2.76. The molecule has 2 N–H and O–H groups in total. The van der Waals surface area contributed by atoms with Gasteiger partial charge < -0.3 is 10.6 Å². The molecule has 1 fully saturated rings. The van der Waals surface area contributed by atoms with E-state index in [1.165, 1.54) is 24.8 Å². The van der Waals surface area contributed by atoms with Crippen LogP contribution < -0.4 is 10.6 Å². The first-order valence-electron chi connectivity index (χ1n) is 5.73. The molecule has 1 atom stereocenters. The van der Waals surface area contributed by atoms with Crippen LogP contribution in [0.1, 0.15) is 24.8 Å². The smallest absolute Gasteiger partial charge is 0.0531 e. The Morgan fingerprint density at radius 1 is 1.33 bits per heavy atom. The lowest BCUT2D eigenvalue weighted by atomic mass is 10.1. The second-order valence-electron chi connectivity index (χ2n) is 4.27. The molecule has 1 unspecified atom stereocenters. The Balaban J connectivity index is 1.95. The van der Waals surface area contributed by atoms with Gasteiger partial charge in [-0.25, -0.2) is 0 Å². The van der Waals surface area contributed by atoms with Crippen molar-refractivity contribution >= 4 is 5.69 Å². The van der Waals surface area contributed by atoms with Crippen LogP contribution in [0.3, 0.4) is 0 Å². The van der Waals surface area contributed by atoms with Crippen molar-refractivity contribution in [1.29, 1.82) is 0 Å². The molecule has 1 aliphatic heterocycles. The Hall–Kier alpha value is -1.09. The van der Waals surface area contributed by atoms with E-state index in [4.69, 9.17) is 0 Å². The molecule has 0 spiro atoms. The first kappa shape index (κ1) is 10.4. The van der Waals surface area contributed by atoms with Gasteiger partial charge in [-0.2, -0.15) is 0 Å². The Morgan fingerprint density at radius 2 is 2.27 bits per heavy atom. The van der Waals surface area contributed by atoms with Crippen LogP contribution in [0, 0.1) is 6.92 Å². The SMILES string of the molecule is Cc1cncc(NC2CCCNCC2)c1. The van der Waals surface area contributed by atoms with E-state index in [1.54, 1.807) is 0 Å². The Labute approximate surface area is 91.3 Å². The van der Waals surface area contributed by atoms with Gasteiger partial charge in [0.1, 0.15) is 0 Å². The van der Waals surface area contributed by atoms with Gasteiger partial charge in [0.05, 0.1) is 5.69 Å². The number of pyridine rings is 1. The highest BCUT2D eigenvalue weighted by molar-refractivity contribution is 5.43. The number of rotatable bonds is 2. The van der Waals surface area contributed by atoms with Crippen LogP contribution >= 0.6 is 0 Å². The average Bonchev–Trinajstić information content (AvgIpc) is 2.46. The van der Waals surface area contributed by atoms with Crippen LogP contribution in [0.25, 0.3) is 0 Å². The van der Waals surface area contributed by atoms with E-state index in [0.717, 1.165) is 18.8 Å². The Morgan fingerprint density at radius 3 is 3.13 bits per heavy atom. The van der Waals surface area contributed by atoms with Gasteiger partial charge in [-0.1, -0.05) is 0 Å². The average molecular weight is 205 g/mol. The van der Waals surface area contributed by atoms with Crippen molar-refractivity contribution in [2.75, 3.05) is 18.4 Å². The molecule has 82 valence electrons. The van der Waals surface area contributed by atoms with Crippen molar-refractivity contribution in [2.45, 2.75) is 32.2 Å². The molecular weight excluding hydrogens is 186 g/mol. The fourth-order valence-electron chi connectivity index (χ4n) is 2.03. The standard InChI is InChI=1S/C12H19N3/c1-10-7-12(9-14-8-10)15-11-3-2-5-13-6-4-11/h7-9,11,13,15H,2-6H2,1H3. The maximum absolute atomic E-state index is 4.20. The zero-order valence-corrected chi connectivity index (χ0v) is 9.29. The molecule has 3 heteroatoms. The molecule has 1 aromatic rings. The first-order valence-corrected chi connectivity index (χ1v) is 5.73. The van der Waals surface area contributed by atoms with E-state index in [9.17, 15) is 0 Å². The van der Waals surface area contributed by atoms with Crippen molar-refractivity contribution in [2.24, 2.45) is 0 Å². The van der Waals surface area contributed by atoms with Crippen molar-refractivity contribution in [1.82, 2.24) is 10.3 Å². The van der Waals surface area contributed by atoms with Crippen molar-refractivity contribution in [3.05, 3.63) is 24.0 Å². The number of nitrogens with zero attached hydrogens (tertiary/aromatic N) is 1. The number of nitrogens with one attached hydrogen (secondary N) is 2. The number of aromatic nitrogens is 1. The molecule has 15 heavy (non-hydrogen) atoms. The molecule has 0 aliphatic carbocycles. The van der Waals surface area contributed by atoms with Crippen LogP contribution in [0.4, 0.5) is 5.69 Å². The Bertz CT molecular complexity index is 303. The van der Waals surface area contributed by atoms with E-state index in [0.29, 0.717) is 6.04 Å². The van der Waals surface area contributed by atoms with E-state index in [1.807, 2.05) is 12.4 Å². The monoisotopic (exact) mass is 205 g/mol. The molecule has 0 aromatic carbocycles. The van der Waals surface area contributed by atoms with Gasteiger partial charge >= 0.3 is 0 Å². The number of hydrogen-bond acceptors (Lipinski definition) is 3. The van der Waals surface area contributed by atoms with Gasteiger partial charge in [0, 0.05) is 18.4 Å². The summed E-state index contributed by atoms with van der Waals surface area (Å²) >= 11 is 0. The summed E-state index contributed by atoms with van der Waals surface area (Å²) in [6.45, 7) is 4.36. The van der Waals surface area contributed by atoms with E-state index < -0.39 is 0 Å². The normalized spacial score (nSPS) is 22.1. The fraction of sp³-hybridized carbons (Fsp3) is 0.583. The molecule has 0 radical (unpaired) electrons. The number of anilines is 1. The molecular formula is C12H19N3. The summed E-state index contributed by atoms with van der Waals surface area (Å²) in [7, 11) is 0. The van der Waals surface area contributed by atoms with Crippen LogP contribution in [-0.2, 0) is 0 Å². The van der Waals surface area contributed by atoms with E-state index in [2.05, 4.69) is 28.6 Å².